The highest BCUT2D eigenvalue weighted by molar-refractivity contribution is 5.96. The topological polar surface area (TPSA) is 142 Å². The first kappa shape index (κ1) is 14.0. The zero-order valence-electron chi connectivity index (χ0n) is 11.7. The molecule has 7 heteroatoms. The fourth-order valence-corrected chi connectivity index (χ4v) is 3.20. The smallest absolute Gasteiger partial charge is 0.204 e. The maximum Gasteiger partial charge on any atom is 0.204 e. The van der Waals surface area contributed by atoms with E-state index in [4.69, 9.17) is 0 Å². The molecule has 0 saturated heterocycles. The van der Waals surface area contributed by atoms with E-state index in [9.17, 15) is 35.7 Å². The normalized spacial score (nSPS) is 14.6. The van der Waals surface area contributed by atoms with E-state index in [1.165, 1.54) is 0 Å². The number of benzene rings is 2. The highest BCUT2D eigenvalue weighted by Gasteiger charge is 2.46. The molecule has 22 heavy (non-hydrogen) atoms. The minimum absolute atomic E-state index is 0.0199. The van der Waals surface area contributed by atoms with Crippen LogP contribution in [0.2, 0.25) is 0 Å². The molecule has 0 heterocycles. The Hall–Kier alpha value is -2.96. The molecule has 2 aromatic rings. The quantitative estimate of drug-likeness (QED) is 0.291. The molecule has 1 aliphatic carbocycles. The van der Waals surface area contributed by atoms with Crippen molar-refractivity contribution in [2.45, 2.75) is 19.3 Å². The van der Waals surface area contributed by atoms with Gasteiger partial charge in [0, 0.05) is 33.7 Å². The molecule has 0 saturated carbocycles. The van der Waals surface area contributed by atoms with Gasteiger partial charge in [-0.15, -0.1) is 0 Å². The van der Waals surface area contributed by atoms with Gasteiger partial charge in [0.2, 0.25) is 11.5 Å². The van der Waals surface area contributed by atoms with Gasteiger partial charge in [-0.3, -0.25) is 0 Å². The second kappa shape index (κ2) is 3.82. The number of fused-ring (bicyclic) bond motifs is 3. The Kier molecular flexibility index (Phi) is 2.43. The molecular weight excluding hydrogens is 292 g/mol. The SMILES string of the molecule is CC1(C)c2c(O)cc(O)c(O)c2-c2c(O)c(O)c(O)c(O)c21. The summed E-state index contributed by atoms with van der Waals surface area (Å²) in [6.07, 6.45) is 0. The van der Waals surface area contributed by atoms with Crippen LogP contribution in [0.4, 0.5) is 0 Å². The number of aromatic hydroxyl groups is 7. The molecule has 0 unspecified atom stereocenters. The molecule has 1 aliphatic rings. The van der Waals surface area contributed by atoms with Crippen LogP contribution >= 0.6 is 0 Å². The van der Waals surface area contributed by atoms with Gasteiger partial charge in [0.15, 0.2) is 23.0 Å². The fourth-order valence-electron chi connectivity index (χ4n) is 3.20. The van der Waals surface area contributed by atoms with E-state index in [1.807, 2.05) is 0 Å². The van der Waals surface area contributed by atoms with Crippen molar-refractivity contribution in [3.05, 3.63) is 17.2 Å². The zero-order chi connectivity index (χ0) is 16.6. The van der Waals surface area contributed by atoms with Gasteiger partial charge in [-0.25, -0.2) is 0 Å². The van der Waals surface area contributed by atoms with Crippen LogP contribution in [0.25, 0.3) is 11.1 Å². The number of phenolic OH excluding ortho intramolecular Hbond substituents is 7. The molecular formula is C15H14O7. The van der Waals surface area contributed by atoms with E-state index in [2.05, 4.69) is 0 Å². The van der Waals surface area contributed by atoms with Crippen molar-refractivity contribution in [3.8, 4) is 51.4 Å². The van der Waals surface area contributed by atoms with Crippen molar-refractivity contribution in [1.29, 1.82) is 0 Å². The third-order valence-corrected chi connectivity index (χ3v) is 4.16. The van der Waals surface area contributed by atoms with Gasteiger partial charge in [0.25, 0.3) is 0 Å². The Morgan fingerprint density at radius 1 is 0.591 bits per heavy atom. The van der Waals surface area contributed by atoms with E-state index in [-0.39, 0.29) is 28.0 Å². The van der Waals surface area contributed by atoms with Gasteiger partial charge in [-0.2, -0.15) is 0 Å². The summed E-state index contributed by atoms with van der Waals surface area (Å²) in [5, 5.41) is 69.6. The summed E-state index contributed by atoms with van der Waals surface area (Å²) >= 11 is 0. The van der Waals surface area contributed by atoms with Crippen molar-refractivity contribution in [3.63, 3.8) is 0 Å². The first-order valence-electron chi connectivity index (χ1n) is 6.39. The Bertz CT molecular complexity index is 837. The molecule has 0 aliphatic heterocycles. The average molecular weight is 306 g/mol. The lowest BCUT2D eigenvalue weighted by Gasteiger charge is -2.23. The van der Waals surface area contributed by atoms with Crippen LogP contribution in [0.3, 0.4) is 0 Å². The number of hydrogen-bond acceptors (Lipinski definition) is 7. The predicted molar refractivity (Wildman–Crippen MR) is 75.7 cm³/mol. The maximum absolute atomic E-state index is 10.1. The molecule has 0 amide bonds. The molecule has 3 rings (SSSR count). The summed E-state index contributed by atoms with van der Waals surface area (Å²) in [6.45, 7) is 3.17. The first-order valence-corrected chi connectivity index (χ1v) is 6.39. The fraction of sp³-hybridized carbons (Fsp3) is 0.200. The molecule has 0 bridgehead atoms. The van der Waals surface area contributed by atoms with Gasteiger partial charge < -0.3 is 35.7 Å². The van der Waals surface area contributed by atoms with Crippen LogP contribution in [0.15, 0.2) is 6.07 Å². The van der Waals surface area contributed by atoms with Crippen molar-refractivity contribution < 1.29 is 35.7 Å². The van der Waals surface area contributed by atoms with Gasteiger partial charge in [0.05, 0.1) is 0 Å². The van der Waals surface area contributed by atoms with Gasteiger partial charge in [-0.1, -0.05) is 13.8 Å². The Balaban J connectivity index is 2.61. The van der Waals surface area contributed by atoms with Crippen LogP contribution in [-0.4, -0.2) is 35.7 Å². The molecule has 0 atom stereocenters. The molecule has 0 spiro atoms. The van der Waals surface area contributed by atoms with Gasteiger partial charge >= 0.3 is 0 Å². The number of phenols is 7. The summed E-state index contributed by atoms with van der Waals surface area (Å²) in [6, 6.07) is 0.940. The van der Waals surface area contributed by atoms with E-state index in [1.54, 1.807) is 13.8 Å². The lowest BCUT2D eigenvalue weighted by molar-refractivity contribution is 0.341. The first-order chi connectivity index (χ1) is 10.1. The largest absolute Gasteiger partial charge is 0.507 e. The van der Waals surface area contributed by atoms with Crippen molar-refractivity contribution >= 4 is 0 Å². The van der Waals surface area contributed by atoms with Crippen LogP contribution in [0, 0.1) is 0 Å². The van der Waals surface area contributed by atoms with Crippen LogP contribution in [0.1, 0.15) is 25.0 Å². The summed E-state index contributed by atoms with van der Waals surface area (Å²) in [4.78, 5) is 0. The van der Waals surface area contributed by atoms with Crippen LogP contribution < -0.4 is 0 Å². The van der Waals surface area contributed by atoms with E-state index >= 15 is 0 Å². The Labute approximate surface area is 124 Å². The van der Waals surface area contributed by atoms with Crippen molar-refractivity contribution in [1.82, 2.24) is 0 Å². The highest BCUT2D eigenvalue weighted by Crippen LogP contribution is 2.65. The summed E-state index contributed by atoms with van der Waals surface area (Å²) in [7, 11) is 0. The van der Waals surface area contributed by atoms with Crippen LogP contribution in [-0.2, 0) is 5.41 Å². The number of hydrogen-bond donors (Lipinski definition) is 7. The molecule has 116 valence electrons. The standard InChI is InChI=1S/C15H14O7/c1-15(2)8-4(16)3-5(17)10(18)6(8)7-9(15)12(20)14(22)13(21)11(7)19/h3,16-22H,1-2H3. The maximum atomic E-state index is 10.1. The third kappa shape index (κ3) is 1.35. The zero-order valence-corrected chi connectivity index (χ0v) is 11.7. The van der Waals surface area contributed by atoms with E-state index in [0.717, 1.165) is 6.07 Å². The predicted octanol–water partition coefficient (Wildman–Crippen LogP) is 1.93. The third-order valence-electron chi connectivity index (χ3n) is 4.16. The summed E-state index contributed by atoms with van der Waals surface area (Å²) in [5.41, 5.74) is -1.20. The Morgan fingerprint density at radius 2 is 1.09 bits per heavy atom. The lowest BCUT2D eigenvalue weighted by atomic mass is 9.81. The van der Waals surface area contributed by atoms with Crippen molar-refractivity contribution in [2.75, 3.05) is 0 Å². The van der Waals surface area contributed by atoms with Crippen molar-refractivity contribution in [2.24, 2.45) is 0 Å². The monoisotopic (exact) mass is 306 g/mol. The molecule has 7 N–H and O–H groups in total. The van der Waals surface area contributed by atoms with Crippen LogP contribution in [0.5, 0.6) is 40.2 Å². The minimum Gasteiger partial charge on any atom is -0.507 e. The molecule has 0 aromatic heterocycles. The van der Waals surface area contributed by atoms with E-state index in [0.29, 0.717) is 0 Å². The Morgan fingerprint density at radius 3 is 1.68 bits per heavy atom. The molecule has 2 aromatic carbocycles. The molecule has 0 fully saturated rings. The summed E-state index contributed by atoms with van der Waals surface area (Å²) < 4.78 is 0. The van der Waals surface area contributed by atoms with Gasteiger partial charge in [0.1, 0.15) is 5.75 Å². The van der Waals surface area contributed by atoms with Gasteiger partial charge in [-0.05, 0) is 0 Å². The minimum atomic E-state index is -1.10. The summed E-state index contributed by atoms with van der Waals surface area (Å²) in [5.74, 6) is -4.89. The lowest BCUT2D eigenvalue weighted by Crippen LogP contribution is -2.15. The average Bonchev–Trinajstić information content (AvgIpc) is 2.68. The number of rotatable bonds is 0. The molecule has 0 radical (unpaired) electrons. The second-order valence-corrected chi connectivity index (χ2v) is 5.78. The van der Waals surface area contributed by atoms with E-state index < -0.39 is 39.9 Å². The second-order valence-electron chi connectivity index (χ2n) is 5.78. The highest BCUT2D eigenvalue weighted by atomic mass is 16.3. The molecule has 7 nitrogen and oxygen atoms in total.